The van der Waals surface area contributed by atoms with Gasteiger partial charge in [-0.2, -0.15) is 4.72 Å². The van der Waals surface area contributed by atoms with Gasteiger partial charge in [0.2, 0.25) is 10.0 Å². The van der Waals surface area contributed by atoms with Gasteiger partial charge in [-0.3, -0.25) is 4.79 Å². The molecule has 3 N–H and O–H groups in total. The van der Waals surface area contributed by atoms with Gasteiger partial charge in [0.1, 0.15) is 4.90 Å². The molecule has 1 amide bonds. The summed E-state index contributed by atoms with van der Waals surface area (Å²) in [6.45, 7) is 1.98. The number of sulfonamides is 1. The van der Waals surface area contributed by atoms with Crippen molar-refractivity contribution >= 4 is 38.9 Å². The lowest BCUT2D eigenvalue weighted by molar-refractivity contribution is -0.117. The fourth-order valence-corrected chi connectivity index (χ4v) is 4.05. The maximum absolute atomic E-state index is 12.5. The highest BCUT2D eigenvalue weighted by molar-refractivity contribution is 7.89. The number of fused-ring (bicyclic) bond motifs is 1. The van der Waals surface area contributed by atoms with Crippen molar-refractivity contribution in [2.45, 2.75) is 24.4 Å². The molecule has 1 atom stereocenters. The number of benzene rings is 2. The van der Waals surface area contributed by atoms with Gasteiger partial charge in [-0.1, -0.05) is 36.7 Å². The van der Waals surface area contributed by atoms with E-state index in [1.54, 1.807) is 12.1 Å². The molecule has 2 aromatic carbocycles. The molecule has 2 aromatic rings. The Morgan fingerprint density at radius 1 is 1.25 bits per heavy atom. The molecule has 24 heavy (non-hydrogen) atoms. The second kappa shape index (κ2) is 6.43. The number of para-hydroxylation sites is 1. The number of nitrogens with one attached hydrogen (secondary N) is 3. The molecule has 0 aromatic heterocycles. The summed E-state index contributed by atoms with van der Waals surface area (Å²) in [4.78, 5) is 12.5. The van der Waals surface area contributed by atoms with Crippen LogP contribution in [0.5, 0.6) is 0 Å². The van der Waals surface area contributed by atoms with Crippen molar-refractivity contribution in [1.29, 1.82) is 0 Å². The number of rotatable bonds is 3. The topological polar surface area (TPSA) is 87.3 Å². The highest BCUT2D eigenvalue weighted by Gasteiger charge is 2.33. The summed E-state index contributed by atoms with van der Waals surface area (Å²) in [5, 5.41) is 5.94. The van der Waals surface area contributed by atoms with Gasteiger partial charge in [-0.05, 0) is 36.2 Å². The monoisotopic (exact) mass is 365 g/mol. The molecule has 0 radical (unpaired) electrons. The van der Waals surface area contributed by atoms with Crippen molar-refractivity contribution in [3.8, 4) is 0 Å². The van der Waals surface area contributed by atoms with E-state index >= 15 is 0 Å². The van der Waals surface area contributed by atoms with Gasteiger partial charge in [0.15, 0.2) is 6.17 Å². The van der Waals surface area contributed by atoms with E-state index in [-0.39, 0.29) is 4.90 Å². The zero-order valence-corrected chi connectivity index (χ0v) is 14.4. The second-order valence-corrected chi connectivity index (χ2v) is 7.46. The van der Waals surface area contributed by atoms with Gasteiger partial charge in [0.05, 0.1) is 5.69 Å². The summed E-state index contributed by atoms with van der Waals surface area (Å²) in [7, 11) is -3.82. The van der Waals surface area contributed by atoms with E-state index in [0.717, 1.165) is 12.0 Å². The first-order valence-corrected chi connectivity index (χ1v) is 9.24. The maximum Gasteiger partial charge on any atom is 0.262 e. The second-order valence-electron chi connectivity index (χ2n) is 5.34. The predicted molar refractivity (Wildman–Crippen MR) is 93.6 cm³/mol. The smallest absolute Gasteiger partial charge is 0.262 e. The van der Waals surface area contributed by atoms with E-state index in [1.165, 1.54) is 12.1 Å². The van der Waals surface area contributed by atoms with Crippen LogP contribution in [0.1, 0.15) is 12.5 Å². The highest BCUT2D eigenvalue weighted by atomic mass is 35.5. The molecule has 0 aliphatic carbocycles. The Labute approximate surface area is 145 Å². The van der Waals surface area contributed by atoms with Crippen molar-refractivity contribution in [3.63, 3.8) is 0 Å². The van der Waals surface area contributed by atoms with Crippen LogP contribution in [0.25, 0.3) is 0 Å². The van der Waals surface area contributed by atoms with E-state index in [0.29, 0.717) is 16.4 Å². The number of hydrogen-bond acceptors (Lipinski definition) is 4. The van der Waals surface area contributed by atoms with Gasteiger partial charge in [-0.15, -0.1) is 0 Å². The summed E-state index contributed by atoms with van der Waals surface area (Å²) in [6.07, 6.45) is -0.352. The van der Waals surface area contributed by atoms with E-state index in [4.69, 9.17) is 11.6 Å². The molecule has 0 bridgehead atoms. The third kappa shape index (κ3) is 3.24. The minimum absolute atomic E-state index is 0.0213. The molecule has 8 heteroatoms. The van der Waals surface area contributed by atoms with E-state index < -0.39 is 22.1 Å². The van der Waals surface area contributed by atoms with Crippen LogP contribution in [0.15, 0.2) is 47.4 Å². The Bertz CT molecular complexity index is 899. The Morgan fingerprint density at radius 3 is 2.75 bits per heavy atom. The minimum Gasteiger partial charge on any atom is -0.360 e. The Hall–Kier alpha value is -2.09. The number of anilines is 2. The lowest BCUT2D eigenvalue weighted by Crippen LogP contribution is -2.51. The molecule has 126 valence electrons. The lowest BCUT2D eigenvalue weighted by atomic mass is 10.1. The summed E-state index contributed by atoms with van der Waals surface area (Å²) in [6, 6.07) is 11.8. The number of aryl methyl sites for hydroxylation is 1. The molecule has 3 rings (SSSR count). The van der Waals surface area contributed by atoms with Crippen LogP contribution in [0.4, 0.5) is 11.4 Å². The average Bonchev–Trinajstić information content (AvgIpc) is 2.55. The van der Waals surface area contributed by atoms with Crippen LogP contribution in [0.2, 0.25) is 5.02 Å². The summed E-state index contributed by atoms with van der Waals surface area (Å²) in [5.74, 6) is -0.486. The Balaban J connectivity index is 1.86. The molecule has 0 fully saturated rings. The third-order valence-corrected chi connectivity index (χ3v) is 5.42. The molecule has 6 nitrogen and oxygen atoms in total. The number of hydrogen-bond donors (Lipinski definition) is 3. The van der Waals surface area contributed by atoms with Gasteiger partial charge in [0, 0.05) is 10.7 Å². The zero-order chi connectivity index (χ0) is 17.3. The molecular weight excluding hydrogens is 350 g/mol. The Kier molecular flexibility index (Phi) is 4.49. The summed E-state index contributed by atoms with van der Waals surface area (Å²) >= 11 is 5.84. The maximum atomic E-state index is 12.5. The van der Waals surface area contributed by atoms with Gasteiger partial charge < -0.3 is 10.6 Å². The standard InChI is InChI=1S/C16H16ClN3O3S/c1-2-10-5-3-4-6-12(10)19-16(21)15-18-13-8-7-11(17)9-14(13)24(22,23)20-15/h3-9,15,18,20H,2H2,1H3,(H,19,21)/t15-/m1/s1. The molecule has 0 spiro atoms. The van der Waals surface area contributed by atoms with Crippen LogP contribution < -0.4 is 15.4 Å². The molecule has 0 saturated heterocycles. The quantitative estimate of drug-likeness (QED) is 0.780. The zero-order valence-electron chi connectivity index (χ0n) is 12.8. The number of carbonyl (C=O) groups excluding carboxylic acids is 1. The van der Waals surface area contributed by atoms with E-state index in [2.05, 4.69) is 15.4 Å². The fourth-order valence-electron chi connectivity index (χ4n) is 2.52. The molecule has 1 aliphatic heterocycles. The lowest BCUT2D eigenvalue weighted by Gasteiger charge is -2.27. The van der Waals surface area contributed by atoms with Crippen LogP contribution in [0.3, 0.4) is 0 Å². The normalized spacial score (nSPS) is 18.3. The minimum atomic E-state index is -3.82. The van der Waals surface area contributed by atoms with Crippen LogP contribution in [0, 0.1) is 0 Å². The van der Waals surface area contributed by atoms with E-state index in [1.807, 2.05) is 25.1 Å². The Morgan fingerprint density at radius 2 is 2.00 bits per heavy atom. The predicted octanol–water partition coefficient (Wildman–Crippen LogP) is 2.57. The van der Waals surface area contributed by atoms with Crippen LogP contribution >= 0.6 is 11.6 Å². The average molecular weight is 366 g/mol. The number of halogens is 1. The largest absolute Gasteiger partial charge is 0.360 e. The first kappa shape index (κ1) is 16.8. The van der Waals surface area contributed by atoms with Crippen molar-refractivity contribution in [2.24, 2.45) is 0 Å². The SMILES string of the molecule is CCc1ccccc1NC(=O)[C@@H]1Nc2ccc(Cl)cc2S(=O)(=O)N1. The molecule has 1 aliphatic rings. The third-order valence-electron chi connectivity index (χ3n) is 3.72. The first-order chi connectivity index (χ1) is 11.4. The number of carbonyl (C=O) groups is 1. The summed E-state index contributed by atoms with van der Waals surface area (Å²) in [5.41, 5.74) is 1.96. The molecule has 0 unspecified atom stereocenters. The van der Waals surface area contributed by atoms with E-state index in [9.17, 15) is 13.2 Å². The first-order valence-electron chi connectivity index (χ1n) is 7.38. The molecule has 1 heterocycles. The van der Waals surface area contributed by atoms with Gasteiger partial charge >= 0.3 is 0 Å². The van der Waals surface area contributed by atoms with Gasteiger partial charge in [0.25, 0.3) is 5.91 Å². The van der Waals surface area contributed by atoms with Crippen molar-refractivity contribution in [1.82, 2.24) is 4.72 Å². The van der Waals surface area contributed by atoms with Crippen molar-refractivity contribution in [3.05, 3.63) is 53.1 Å². The molecular formula is C16H16ClN3O3S. The fraction of sp³-hybridized carbons (Fsp3) is 0.188. The van der Waals surface area contributed by atoms with Crippen LogP contribution in [-0.2, 0) is 21.2 Å². The number of amides is 1. The van der Waals surface area contributed by atoms with Crippen LogP contribution in [-0.4, -0.2) is 20.5 Å². The molecule has 0 saturated carbocycles. The van der Waals surface area contributed by atoms with Crippen molar-refractivity contribution < 1.29 is 13.2 Å². The van der Waals surface area contributed by atoms with Gasteiger partial charge in [-0.25, -0.2) is 8.42 Å². The summed E-state index contributed by atoms with van der Waals surface area (Å²) < 4.78 is 27.0. The highest BCUT2D eigenvalue weighted by Crippen LogP contribution is 2.29. The van der Waals surface area contributed by atoms with Crippen molar-refractivity contribution in [2.75, 3.05) is 10.6 Å².